The normalized spacial score (nSPS) is 20.2. The fourth-order valence-corrected chi connectivity index (χ4v) is 4.28. The van der Waals surface area contributed by atoms with Gasteiger partial charge in [-0.05, 0) is 50.2 Å². The standard InChI is InChI=1S/C24H26N4O4/c1-16-13-27(14-17(2)31-16)8-9-30-19-5-6-23-20(11-19)21(26-29)12-24(32-23)22-10-18-4-3-7-28(18)15-25-22/h3-7,10-12,15-17,29H,8-9,13-14H2,1-2H3/t16-,17+. The molecule has 2 atom stereocenters. The van der Waals surface area contributed by atoms with E-state index in [0.29, 0.717) is 40.1 Å². The topological polar surface area (TPSA) is 84.7 Å². The minimum atomic E-state index is 0.233. The van der Waals surface area contributed by atoms with E-state index in [2.05, 4.69) is 28.9 Å². The Morgan fingerprint density at radius 2 is 2.00 bits per heavy atom. The lowest BCUT2D eigenvalue weighted by molar-refractivity contribution is -0.0699. The Morgan fingerprint density at radius 3 is 2.81 bits per heavy atom. The van der Waals surface area contributed by atoms with E-state index >= 15 is 0 Å². The molecule has 8 nitrogen and oxygen atoms in total. The van der Waals surface area contributed by atoms with Crippen molar-refractivity contribution in [2.45, 2.75) is 26.1 Å². The predicted molar refractivity (Wildman–Crippen MR) is 120 cm³/mol. The summed E-state index contributed by atoms with van der Waals surface area (Å²) in [6.07, 6.45) is 4.13. The molecule has 166 valence electrons. The fourth-order valence-electron chi connectivity index (χ4n) is 4.28. The Morgan fingerprint density at radius 1 is 1.16 bits per heavy atom. The summed E-state index contributed by atoms with van der Waals surface area (Å²) in [6.45, 7) is 7.39. The highest BCUT2D eigenvalue weighted by Crippen LogP contribution is 2.24. The lowest BCUT2D eigenvalue weighted by Crippen LogP contribution is -2.46. The van der Waals surface area contributed by atoms with E-state index in [4.69, 9.17) is 13.9 Å². The van der Waals surface area contributed by atoms with Crippen molar-refractivity contribution in [2.75, 3.05) is 26.2 Å². The zero-order chi connectivity index (χ0) is 22.1. The molecule has 4 heterocycles. The quantitative estimate of drug-likeness (QED) is 0.382. The molecule has 1 aliphatic heterocycles. The average Bonchev–Trinajstić information content (AvgIpc) is 3.25. The van der Waals surface area contributed by atoms with Crippen LogP contribution in [-0.2, 0) is 4.74 Å². The van der Waals surface area contributed by atoms with Gasteiger partial charge in [0, 0.05) is 37.4 Å². The molecule has 3 aromatic heterocycles. The Bertz CT molecular complexity index is 1300. The van der Waals surface area contributed by atoms with Crippen molar-refractivity contribution in [2.24, 2.45) is 5.16 Å². The van der Waals surface area contributed by atoms with Gasteiger partial charge in [0.15, 0.2) is 5.76 Å². The average molecular weight is 434 g/mol. The van der Waals surface area contributed by atoms with Gasteiger partial charge in [0.05, 0.1) is 23.9 Å². The van der Waals surface area contributed by atoms with Gasteiger partial charge in [0.25, 0.3) is 0 Å². The molecule has 1 saturated heterocycles. The molecule has 1 aromatic carbocycles. The molecule has 32 heavy (non-hydrogen) atoms. The van der Waals surface area contributed by atoms with Gasteiger partial charge >= 0.3 is 0 Å². The van der Waals surface area contributed by atoms with Gasteiger partial charge in [-0.2, -0.15) is 0 Å². The number of benzene rings is 1. The van der Waals surface area contributed by atoms with Crippen molar-refractivity contribution in [3.63, 3.8) is 0 Å². The summed E-state index contributed by atoms with van der Waals surface area (Å²) in [5.74, 6) is 1.23. The smallest absolute Gasteiger partial charge is 0.155 e. The Hall–Kier alpha value is -3.36. The van der Waals surface area contributed by atoms with Crippen molar-refractivity contribution in [3.8, 4) is 17.2 Å². The summed E-state index contributed by atoms with van der Waals surface area (Å²) in [6, 6.07) is 13.1. The molecule has 0 saturated carbocycles. The van der Waals surface area contributed by atoms with E-state index in [-0.39, 0.29) is 12.2 Å². The van der Waals surface area contributed by atoms with Crippen molar-refractivity contribution < 1.29 is 19.1 Å². The van der Waals surface area contributed by atoms with Crippen LogP contribution in [0.15, 0.2) is 64.6 Å². The van der Waals surface area contributed by atoms with E-state index in [0.717, 1.165) is 25.2 Å². The van der Waals surface area contributed by atoms with Gasteiger partial charge in [-0.1, -0.05) is 5.16 Å². The molecular formula is C24H26N4O4. The zero-order valence-corrected chi connectivity index (χ0v) is 18.1. The van der Waals surface area contributed by atoms with Crippen LogP contribution in [0, 0.1) is 0 Å². The van der Waals surface area contributed by atoms with Crippen LogP contribution in [0.4, 0.5) is 0 Å². The first kappa shape index (κ1) is 20.5. The van der Waals surface area contributed by atoms with E-state index in [1.807, 2.05) is 47.0 Å². The Kier molecular flexibility index (Phi) is 5.55. The van der Waals surface area contributed by atoms with Crippen LogP contribution in [-0.4, -0.2) is 57.9 Å². The SMILES string of the molecule is C[C@@H]1CN(CCOc2ccc3oc(-c4cc5cccn5cn4)cc(=NO)c3c2)C[C@H](C)O1. The molecule has 1 fully saturated rings. The van der Waals surface area contributed by atoms with E-state index in [1.165, 1.54) is 0 Å². The molecule has 8 heteroatoms. The number of rotatable bonds is 5. The molecule has 1 aliphatic rings. The first-order valence-electron chi connectivity index (χ1n) is 10.8. The second kappa shape index (κ2) is 8.64. The van der Waals surface area contributed by atoms with Crippen LogP contribution in [0.2, 0.25) is 0 Å². The number of hydrogen-bond donors (Lipinski definition) is 1. The van der Waals surface area contributed by atoms with Crippen LogP contribution in [0.3, 0.4) is 0 Å². The summed E-state index contributed by atoms with van der Waals surface area (Å²) in [5, 5.41) is 14.2. The summed E-state index contributed by atoms with van der Waals surface area (Å²) in [4.78, 5) is 6.80. The van der Waals surface area contributed by atoms with Gasteiger partial charge in [0.1, 0.15) is 29.0 Å². The molecule has 0 radical (unpaired) electrons. The van der Waals surface area contributed by atoms with Crippen LogP contribution in [0.25, 0.3) is 27.9 Å². The first-order valence-corrected chi connectivity index (χ1v) is 10.8. The minimum absolute atomic E-state index is 0.233. The number of nitrogens with zero attached hydrogens (tertiary/aromatic N) is 4. The van der Waals surface area contributed by atoms with Crippen LogP contribution in [0.1, 0.15) is 13.8 Å². The maximum absolute atomic E-state index is 9.63. The molecule has 0 aliphatic carbocycles. The van der Waals surface area contributed by atoms with Crippen molar-refractivity contribution >= 4 is 16.5 Å². The molecule has 0 amide bonds. The molecule has 0 spiro atoms. The summed E-state index contributed by atoms with van der Waals surface area (Å²) >= 11 is 0. The number of ether oxygens (including phenoxy) is 2. The zero-order valence-electron chi connectivity index (χ0n) is 18.1. The molecule has 5 rings (SSSR count). The van der Waals surface area contributed by atoms with Crippen LogP contribution in [0.5, 0.6) is 5.75 Å². The third-order valence-electron chi connectivity index (χ3n) is 5.66. The predicted octanol–water partition coefficient (Wildman–Crippen LogP) is 3.53. The van der Waals surface area contributed by atoms with Crippen molar-refractivity contribution in [1.82, 2.24) is 14.3 Å². The fraction of sp³-hybridized carbons (Fsp3) is 0.333. The lowest BCUT2D eigenvalue weighted by Gasteiger charge is -2.35. The lowest BCUT2D eigenvalue weighted by atomic mass is 10.2. The first-order chi connectivity index (χ1) is 15.6. The van der Waals surface area contributed by atoms with Crippen LogP contribution >= 0.6 is 0 Å². The maximum atomic E-state index is 9.63. The monoisotopic (exact) mass is 434 g/mol. The second-order valence-electron chi connectivity index (χ2n) is 8.23. The van der Waals surface area contributed by atoms with Crippen molar-refractivity contribution in [1.29, 1.82) is 0 Å². The highest BCUT2D eigenvalue weighted by molar-refractivity contribution is 5.80. The summed E-state index contributed by atoms with van der Waals surface area (Å²) in [5.41, 5.74) is 2.26. The van der Waals surface area contributed by atoms with Crippen LogP contribution < -0.4 is 10.1 Å². The molecular weight excluding hydrogens is 408 g/mol. The largest absolute Gasteiger partial charge is 0.492 e. The summed E-state index contributed by atoms with van der Waals surface area (Å²) < 4.78 is 19.8. The van der Waals surface area contributed by atoms with Crippen molar-refractivity contribution in [3.05, 3.63) is 60.3 Å². The number of morpholine rings is 1. The highest BCUT2D eigenvalue weighted by atomic mass is 16.5. The Labute approximate surface area is 185 Å². The number of aromatic nitrogens is 2. The second-order valence-corrected chi connectivity index (χ2v) is 8.23. The molecule has 1 N–H and O–H groups in total. The molecule has 4 aromatic rings. The van der Waals surface area contributed by atoms with E-state index < -0.39 is 0 Å². The van der Waals surface area contributed by atoms with E-state index in [9.17, 15) is 5.21 Å². The summed E-state index contributed by atoms with van der Waals surface area (Å²) in [7, 11) is 0. The Balaban J connectivity index is 1.36. The van der Waals surface area contributed by atoms with Gasteiger partial charge in [-0.15, -0.1) is 0 Å². The number of fused-ring (bicyclic) bond motifs is 2. The third kappa shape index (κ3) is 4.19. The van der Waals surface area contributed by atoms with E-state index in [1.54, 1.807) is 12.4 Å². The molecule has 0 unspecified atom stereocenters. The third-order valence-corrected chi connectivity index (χ3v) is 5.66. The van der Waals surface area contributed by atoms with Gasteiger partial charge in [-0.3, -0.25) is 4.90 Å². The maximum Gasteiger partial charge on any atom is 0.155 e. The minimum Gasteiger partial charge on any atom is -0.492 e. The number of hydrogen-bond acceptors (Lipinski definition) is 7. The van der Waals surface area contributed by atoms with Gasteiger partial charge in [0.2, 0.25) is 0 Å². The highest BCUT2D eigenvalue weighted by Gasteiger charge is 2.21. The molecule has 0 bridgehead atoms. The van der Waals surface area contributed by atoms with Gasteiger partial charge < -0.3 is 23.5 Å². The van der Waals surface area contributed by atoms with Gasteiger partial charge in [-0.25, -0.2) is 4.98 Å².